The van der Waals surface area contributed by atoms with Gasteiger partial charge in [0.1, 0.15) is 6.04 Å². The van der Waals surface area contributed by atoms with Crippen LogP contribution in [0.15, 0.2) is 54.6 Å². The number of carbonyl (C=O) groups excluding carboxylic acids is 2. The van der Waals surface area contributed by atoms with Crippen molar-refractivity contribution < 1.29 is 9.59 Å². The Labute approximate surface area is 190 Å². The Bertz CT molecular complexity index is 954. The molecule has 168 valence electrons. The smallest absolute Gasteiger partial charge is 0.254 e. The summed E-state index contributed by atoms with van der Waals surface area (Å²) in [6.07, 6.45) is 7.69. The lowest BCUT2D eigenvalue weighted by Crippen LogP contribution is -2.49. The zero-order valence-corrected chi connectivity index (χ0v) is 18.7. The predicted octanol–water partition coefficient (Wildman–Crippen LogP) is 4.38. The standard InChI is InChI=1S/C27H33N3O2/c31-26(28-19-22-13-5-6-14-23(22)29-16-8-9-17-29)25-18-21-12-4-7-15-24(21)30(25)27(32)20-10-2-1-3-11-20/h1-3,5-6,10-11,13-14,21,24-25H,4,7-9,12,15-19H2,(H,28,31). The third-order valence-corrected chi connectivity index (χ3v) is 7.54. The van der Waals surface area contributed by atoms with Crippen molar-refractivity contribution in [1.82, 2.24) is 10.2 Å². The van der Waals surface area contributed by atoms with E-state index < -0.39 is 0 Å². The van der Waals surface area contributed by atoms with Crippen LogP contribution < -0.4 is 10.2 Å². The van der Waals surface area contributed by atoms with E-state index in [4.69, 9.17) is 0 Å². The van der Waals surface area contributed by atoms with Crippen LogP contribution in [0.3, 0.4) is 0 Å². The summed E-state index contributed by atoms with van der Waals surface area (Å²) >= 11 is 0. The number of likely N-dealkylation sites (tertiary alicyclic amines) is 1. The van der Waals surface area contributed by atoms with Crippen molar-refractivity contribution in [1.29, 1.82) is 0 Å². The van der Waals surface area contributed by atoms with Gasteiger partial charge in [-0.15, -0.1) is 0 Å². The van der Waals surface area contributed by atoms with Gasteiger partial charge in [0.15, 0.2) is 0 Å². The van der Waals surface area contributed by atoms with Crippen LogP contribution in [0.1, 0.15) is 60.9 Å². The van der Waals surface area contributed by atoms with Crippen LogP contribution in [-0.2, 0) is 11.3 Å². The third-order valence-electron chi connectivity index (χ3n) is 7.54. The van der Waals surface area contributed by atoms with Gasteiger partial charge >= 0.3 is 0 Å². The number of carbonyl (C=O) groups is 2. The van der Waals surface area contributed by atoms with E-state index in [0.29, 0.717) is 18.0 Å². The molecule has 3 aliphatic rings. The normalized spacial score (nSPS) is 24.9. The average molecular weight is 432 g/mol. The minimum Gasteiger partial charge on any atom is -0.371 e. The molecule has 1 aliphatic carbocycles. The number of hydrogen-bond donors (Lipinski definition) is 1. The van der Waals surface area contributed by atoms with Crippen molar-refractivity contribution in [2.75, 3.05) is 18.0 Å². The number of amides is 2. The molecule has 0 bridgehead atoms. The number of anilines is 1. The lowest BCUT2D eigenvalue weighted by atomic mass is 9.84. The maximum atomic E-state index is 13.5. The Hall–Kier alpha value is -2.82. The number of benzene rings is 2. The summed E-state index contributed by atoms with van der Waals surface area (Å²) in [7, 11) is 0. The molecule has 2 aliphatic heterocycles. The van der Waals surface area contributed by atoms with Gasteiger partial charge in [0.25, 0.3) is 5.91 Å². The van der Waals surface area contributed by atoms with Crippen molar-refractivity contribution in [3.05, 3.63) is 65.7 Å². The number of nitrogens with one attached hydrogen (secondary N) is 1. The van der Waals surface area contributed by atoms with Crippen molar-refractivity contribution in [2.24, 2.45) is 5.92 Å². The second-order valence-corrected chi connectivity index (χ2v) is 9.48. The first kappa shape index (κ1) is 21.0. The highest BCUT2D eigenvalue weighted by Crippen LogP contribution is 2.40. The van der Waals surface area contributed by atoms with E-state index in [2.05, 4.69) is 28.4 Å². The molecule has 2 heterocycles. The van der Waals surface area contributed by atoms with Crippen LogP contribution in [0, 0.1) is 5.92 Å². The number of fused-ring (bicyclic) bond motifs is 1. The highest BCUT2D eigenvalue weighted by molar-refractivity contribution is 5.98. The molecule has 0 spiro atoms. The van der Waals surface area contributed by atoms with Crippen LogP contribution in [0.25, 0.3) is 0 Å². The maximum Gasteiger partial charge on any atom is 0.254 e. The zero-order valence-electron chi connectivity index (χ0n) is 18.7. The molecule has 3 fully saturated rings. The summed E-state index contributed by atoms with van der Waals surface area (Å²) in [5, 5.41) is 3.19. The molecule has 5 nitrogen and oxygen atoms in total. The first-order valence-electron chi connectivity index (χ1n) is 12.2. The summed E-state index contributed by atoms with van der Waals surface area (Å²) in [5.41, 5.74) is 3.05. The maximum absolute atomic E-state index is 13.5. The van der Waals surface area contributed by atoms with Crippen LogP contribution >= 0.6 is 0 Å². The second kappa shape index (κ2) is 9.35. The first-order chi connectivity index (χ1) is 15.7. The van der Waals surface area contributed by atoms with Crippen molar-refractivity contribution in [3.63, 3.8) is 0 Å². The van der Waals surface area contributed by atoms with E-state index in [1.165, 1.54) is 24.9 Å². The third kappa shape index (κ3) is 4.13. The Balaban J connectivity index is 1.33. The van der Waals surface area contributed by atoms with E-state index in [1.807, 2.05) is 41.3 Å². The topological polar surface area (TPSA) is 52.7 Å². The van der Waals surface area contributed by atoms with Crippen molar-refractivity contribution in [3.8, 4) is 0 Å². The highest BCUT2D eigenvalue weighted by Gasteiger charge is 2.47. The van der Waals surface area contributed by atoms with Gasteiger partial charge < -0.3 is 15.1 Å². The SMILES string of the molecule is O=C(NCc1ccccc1N1CCCC1)C1CC2CCCCC2N1C(=O)c1ccccc1. The molecule has 5 rings (SSSR count). The summed E-state index contributed by atoms with van der Waals surface area (Å²) < 4.78 is 0. The fourth-order valence-electron chi connectivity index (χ4n) is 5.94. The highest BCUT2D eigenvalue weighted by atomic mass is 16.2. The van der Waals surface area contributed by atoms with Gasteiger partial charge in [-0.3, -0.25) is 9.59 Å². The van der Waals surface area contributed by atoms with Gasteiger partial charge in [0, 0.05) is 36.9 Å². The van der Waals surface area contributed by atoms with E-state index in [9.17, 15) is 9.59 Å². The summed E-state index contributed by atoms with van der Waals surface area (Å²) in [6.45, 7) is 2.66. The van der Waals surface area contributed by atoms with Gasteiger partial charge in [-0.2, -0.15) is 0 Å². The fourth-order valence-corrected chi connectivity index (χ4v) is 5.94. The number of hydrogen-bond acceptors (Lipinski definition) is 3. The molecular formula is C27H33N3O2. The Kier molecular flexibility index (Phi) is 6.15. The van der Waals surface area contributed by atoms with E-state index in [0.717, 1.165) is 44.3 Å². The molecule has 5 heteroatoms. The van der Waals surface area contributed by atoms with Gasteiger partial charge in [0.2, 0.25) is 5.91 Å². The van der Waals surface area contributed by atoms with Crippen LogP contribution in [0.4, 0.5) is 5.69 Å². The second-order valence-electron chi connectivity index (χ2n) is 9.48. The Morgan fingerprint density at radius 3 is 2.41 bits per heavy atom. The Morgan fingerprint density at radius 2 is 1.59 bits per heavy atom. The molecule has 0 radical (unpaired) electrons. The molecule has 3 atom stereocenters. The van der Waals surface area contributed by atoms with Gasteiger partial charge in [-0.1, -0.05) is 49.2 Å². The van der Waals surface area contributed by atoms with Crippen LogP contribution in [0.2, 0.25) is 0 Å². The van der Waals surface area contributed by atoms with Gasteiger partial charge in [-0.25, -0.2) is 0 Å². The summed E-state index contributed by atoms with van der Waals surface area (Å²) in [5.74, 6) is 0.418. The minimum atomic E-state index is -0.380. The molecule has 3 unspecified atom stereocenters. The molecule has 2 saturated heterocycles. The molecule has 2 aromatic rings. The van der Waals surface area contributed by atoms with Crippen molar-refractivity contribution in [2.45, 2.75) is 63.6 Å². The van der Waals surface area contributed by atoms with E-state index >= 15 is 0 Å². The van der Waals surface area contributed by atoms with Crippen molar-refractivity contribution >= 4 is 17.5 Å². The lowest BCUT2D eigenvalue weighted by molar-refractivity contribution is -0.125. The monoisotopic (exact) mass is 431 g/mol. The molecule has 32 heavy (non-hydrogen) atoms. The van der Waals surface area contributed by atoms with Crippen LogP contribution in [-0.4, -0.2) is 41.9 Å². The molecule has 2 amide bonds. The average Bonchev–Trinajstić information content (AvgIpc) is 3.51. The largest absolute Gasteiger partial charge is 0.371 e. The van der Waals surface area contributed by atoms with Crippen LogP contribution in [0.5, 0.6) is 0 Å². The Morgan fingerprint density at radius 1 is 0.875 bits per heavy atom. The quantitative estimate of drug-likeness (QED) is 0.765. The lowest BCUT2D eigenvalue weighted by Gasteiger charge is -2.33. The predicted molar refractivity (Wildman–Crippen MR) is 126 cm³/mol. The molecule has 2 aromatic carbocycles. The molecule has 0 aromatic heterocycles. The van der Waals surface area contributed by atoms with E-state index in [1.54, 1.807) is 0 Å². The molecule has 1 saturated carbocycles. The number of nitrogens with zero attached hydrogens (tertiary/aromatic N) is 2. The minimum absolute atomic E-state index is 0.00221. The number of para-hydroxylation sites is 1. The molecule has 1 N–H and O–H groups in total. The van der Waals surface area contributed by atoms with E-state index in [-0.39, 0.29) is 23.9 Å². The fraction of sp³-hybridized carbons (Fsp3) is 0.481. The summed E-state index contributed by atoms with van der Waals surface area (Å²) in [6, 6.07) is 17.6. The number of rotatable bonds is 5. The van der Waals surface area contributed by atoms with Gasteiger partial charge in [0.05, 0.1) is 0 Å². The zero-order chi connectivity index (χ0) is 21.9. The summed E-state index contributed by atoms with van der Waals surface area (Å²) in [4.78, 5) is 31.2. The van der Waals surface area contributed by atoms with Gasteiger partial charge in [-0.05, 0) is 61.8 Å². The first-order valence-corrected chi connectivity index (χ1v) is 12.2. The molecular weight excluding hydrogens is 398 g/mol.